The smallest absolute Gasteiger partial charge is 0.355 e. The van der Waals surface area contributed by atoms with Crippen LogP contribution >= 0.6 is 0 Å². The highest BCUT2D eigenvalue weighted by molar-refractivity contribution is 7.87. The Labute approximate surface area is 75.2 Å². The van der Waals surface area contributed by atoms with Crippen molar-refractivity contribution < 1.29 is 8.37 Å². The number of rotatable bonds is 3. The van der Waals surface area contributed by atoms with E-state index in [-0.39, 0.29) is 0 Å². The SMILES string of the molecule is CO[S+](OC)c1ccc(N)cc1. The van der Waals surface area contributed by atoms with Crippen molar-refractivity contribution in [3.05, 3.63) is 24.3 Å². The van der Waals surface area contributed by atoms with Gasteiger partial charge in [-0.2, -0.15) is 0 Å². The van der Waals surface area contributed by atoms with Crippen LogP contribution in [0.4, 0.5) is 5.69 Å². The van der Waals surface area contributed by atoms with Gasteiger partial charge in [0.1, 0.15) is 0 Å². The van der Waals surface area contributed by atoms with E-state index in [0.29, 0.717) is 0 Å². The fourth-order valence-corrected chi connectivity index (χ4v) is 1.72. The quantitative estimate of drug-likeness (QED) is 0.572. The van der Waals surface area contributed by atoms with E-state index in [0.717, 1.165) is 10.6 Å². The lowest BCUT2D eigenvalue weighted by Crippen LogP contribution is -2.06. The lowest BCUT2D eigenvalue weighted by atomic mass is 10.3. The molecule has 0 fully saturated rings. The molecule has 0 radical (unpaired) electrons. The van der Waals surface area contributed by atoms with Gasteiger partial charge in [-0.05, 0) is 12.1 Å². The molecule has 0 atom stereocenters. The molecule has 2 N–H and O–H groups in total. The highest BCUT2D eigenvalue weighted by Gasteiger charge is 2.23. The van der Waals surface area contributed by atoms with Gasteiger partial charge < -0.3 is 5.73 Å². The second-order valence-corrected chi connectivity index (χ2v) is 3.74. The van der Waals surface area contributed by atoms with Crippen LogP contribution in [0, 0.1) is 0 Å². The molecule has 12 heavy (non-hydrogen) atoms. The molecule has 3 nitrogen and oxygen atoms in total. The minimum atomic E-state index is -0.566. The third-order valence-electron chi connectivity index (χ3n) is 1.38. The minimum absolute atomic E-state index is 0.566. The number of benzene rings is 1. The van der Waals surface area contributed by atoms with Crippen molar-refractivity contribution in [3.63, 3.8) is 0 Å². The minimum Gasteiger partial charge on any atom is -0.399 e. The van der Waals surface area contributed by atoms with Crippen molar-refractivity contribution in [2.45, 2.75) is 4.90 Å². The largest absolute Gasteiger partial charge is 0.399 e. The second kappa shape index (κ2) is 4.35. The average Bonchev–Trinajstić information content (AvgIpc) is 2.10. The molecule has 0 aliphatic rings. The van der Waals surface area contributed by atoms with Gasteiger partial charge in [0.15, 0.2) is 0 Å². The first-order valence-electron chi connectivity index (χ1n) is 3.46. The highest BCUT2D eigenvalue weighted by Crippen LogP contribution is 2.16. The van der Waals surface area contributed by atoms with Crippen LogP contribution in [0.25, 0.3) is 0 Å². The molecular weight excluding hydrogens is 174 g/mol. The zero-order chi connectivity index (χ0) is 8.97. The molecule has 0 aliphatic carbocycles. The lowest BCUT2D eigenvalue weighted by Gasteiger charge is -1.97. The second-order valence-electron chi connectivity index (χ2n) is 2.14. The van der Waals surface area contributed by atoms with Gasteiger partial charge in [0.2, 0.25) is 4.90 Å². The zero-order valence-corrected chi connectivity index (χ0v) is 7.93. The molecule has 1 aromatic rings. The maximum atomic E-state index is 5.53. The summed E-state index contributed by atoms with van der Waals surface area (Å²) in [6.45, 7) is 0. The fourth-order valence-electron chi connectivity index (χ4n) is 0.839. The highest BCUT2D eigenvalue weighted by atomic mass is 32.2. The van der Waals surface area contributed by atoms with Gasteiger partial charge in [-0.25, -0.2) is 0 Å². The lowest BCUT2D eigenvalue weighted by molar-refractivity contribution is 0.358. The van der Waals surface area contributed by atoms with E-state index in [1.54, 1.807) is 14.2 Å². The van der Waals surface area contributed by atoms with Crippen LogP contribution in [-0.4, -0.2) is 14.2 Å². The monoisotopic (exact) mass is 186 g/mol. The Balaban J connectivity index is 2.80. The maximum absolute atomic E-state index is 5.53. The molecular formula is C8H12NO2S+. The maximum Gasteiger partial charge on any atom is 0.355 e. The molecule has 4 heteroatoms. The number of anilines is 1. The number of hydrogen-bond acceptors (Lipinski definition) is 3. The van der Waals surface area contributed by atoms with Crippen LogP contribution in [0.5, 0.6) is 0 Å². The third kappa shape index (κ3) is 2.14. The molecule has 0 saturated carbocycles. The van der Waals surface area contributed by atoms with E-state index < -0.39 is 11.5 Å². The van der Waals surface area contributed by atoms with Gasteiger partial charge in [0, 0.05) is 17.8 Å². The Morgan fingerprint density at radius 3 is 2.00 bits per heavy atom. The van der Waals surface area contributed by atoms with E-state index in [2.05, 4.69) is 0 Å². The summed E-state index contributed by atoms with van der Waals surface area (Å²) in [7, 11) is 3.23. The third-order valence-corrected chi connectivity index (χ3v) is 2.64. The van der Waals surface area contributed by atoms with Crippen LogP contribution in [-0.2, 0) is 19.8 Å². The number of nitrogen functional groups attached to an aromatic ring is 1. The van der Waals surface area contributed by atoms with Gasteiger partial charge in [-0.1, -0.05) is 0 Å². The number of hydrogen-bond donors (Lipinski definition) is 1. The molecule has 0 amide bonds. The fraction of sp³-hybridized carbons (Fsp3) is 0.250. The van der Waals surface area contributed by atoms with E-state index >= 15 is 0 Å². The van der Waals surface area contributed by atoms with E-state index in [4.69, 9.17) is 14.1 Å². The molecule has 0 unspecified atom stereocenters. The summed E-state index contributed by atoms with van der Waals surface area (Å²) in [5.74, 6) is 0. The zero-order valence-electron chi connectivity index (χ0n) is 7.11. The van der Waals surface area contributed by atoms with Crippen LogP contribution in [0.3, 0.4) is 0 Å². The Morgan fingerprint density at radius 2 is 1.58 bits per heavy atom. The molecule has 66 valence electrons. The summed E-state index contributed by atoms with van der Waals surface area (Å²) in [4.78, 5) is 0.995. The van der Waals surface area contributed by atoms with Crippen LogP contribution in [0.2, 0.25) is 0 Å². The Hall–Kier alpha value is -0.710. The molecule has 0 aromatic heterocycles. The summed E-state index contributed by atoms with van der Waals surface area (Å²) in [5, 5.41) is 0. The van der Waals surface area contributed by atoms with Crippen molar-refractivity contribution >= 4 is 17.1 Å². The van der Waals surface area contributed by atoms with Gasteiger partial charge in [0.05, 0.1) is 14.2 Å². The summed E-state index contributed by atoms with van der Waals surface area (Å²) in [6.07, 6.45) is 0. The molecule has 0 heterocycles. The predicted octanol–water partition coefficient (Wildman–Crippen LogP) is 1.37. The topological polar surface area (TPSA) is 44.5 Å². The summed E-state index contributed by atoms with van der Waals surface area (Å²) >= 11 is -0.566. The Morgan fingerprint density at radius 1 is 1.08 bits per heavy atom. The standard InChI is InChI=1S/C8H12NO2S/c1-10-12(11-2)8-5-3-7(9)4-6-8/h3-6H,9H2,1-2H3/q+1. The summed E-state index contributed by atoms with van der Waals surface area (Å²) in [5.41, 5.74) is 6.28. The van der Waals surface area contributed by atoms with Crippen molar-refractivity contribution in [1.82, 2.24) is 0 Å². The first-order chi connectivity index (χ1) is 5.77. The van der Waals surface area contributed by atoms with Crippen LogP contribution in [0.1, 0.15) is 0 Å². The molecule has 0 aliphatic heterocycles. The molecule has 1 rings (SSSR count). The van der Waals surface area contributed by atoms with E-state index in [9.17, 15) is 0 Å². The summed E-state index contributed by atoms with van der Waals surface area (Å²) in [6, 6.07) is 7.44. The Bertz CT molecular complexity index is 233. The van der Waals surface area contributed by atoms with Gasteiger partial charge >= 0.3 is 11.5 Å². The van der Waals surface area contributed by atoms with Crippen molar-refractivity contribution in [2.24, 2.45) is 0 Å². The first-order valence-corrected chi connectivity index (χ1v) is 4.54. The first kappa shape index (κ1) is 9.38. The van der Waals surface area contributed by atoms with Crippen molar-refractivity contribution in [3.8, 4) is 0 Å². The summed E-state index contributed by atoms with van der Waals surface area (Å²) < 4.78 is 10.2. The van der Waals surface area contributed by atoms with Gasteiger partial charge in [-0.3, -0.25) is 0 Å². The van der Waals surface area contributed by atoms with Gasteiger partial charge in [0.25, 0.3) is 0 Å². The average molecular weight is 186 g/mol. The molecule has 1 aromatic carbocycles. The predicted molar refractivity (Wildman–Crippen MR) is 50.5 cm³/mol. The normalized spacial score (nSPS) is 10.6. The Kier molecular flexibility index (Phi) is 3.40. The van der Waals surface area contributed by atoms with Crippen molar-refractivity contribution in [2.75, 3.05) is 20.0 Å². The van der Waals surface area contributed by atoms with E-state index in [1.807, 2.05) is 24.3 Å². The molecule has 0 spiro atoms. The molecule has 0 saturated heterocycles. The van der Waals surface area contributed by atoms with Crippen LogP contribution < -0.4 is 5.73 Å². The molecule has 0 bridgehead atoms. The van der Waals surface area contributed by atoms with Gasteiger partial charge in [-0.15, -0.1) is 8.37 Å². The van der Waals surface area contributed by atoms with Crippen molar-refractivity contribution in [1.29, 1.82) is 0 Å². The number of nitrogens with two attached hydrogens (primary N) is 1. The van der Waals surface area contributed by atoms with E-state index in [1.165, 1.54) is 0 Å². The van der Waals surface area contributed by atoms with Crippen LogP contribution in [0.15, 0.2) is 29.2 Å².